The van der Waals surface area contributed by atoms with Crippen LogP contribution in [0, 0.1) is 0 Å². The molecule has 57 heavy (non-hydrogen) atoms. The van der Waals surface area contributed by atoms with E-state index in [9.17, 15) is 14.4 Å². The number of hydrogen-bond donors (Lipinski definition) is 0. The van der Waals surface area contributed by atoms with E-state index >= 15 is 0 Å². The van der Waals surface area contributed by atoms with Crippen LogP contribution in [0.3, 0.4) is 0 Å². The highest BCUT2D eigenvalue weighted by atomic mass is 16.6. The number of benzene rings is 4. The molecule has 9 heteroatoms. The summed E-state index contributed by atoms with van der Waals surface area (Å²) in [6, 6.07) is 31.6. The van der Waals surface area contributed by atoms with Gasteiger partial charge in [-0.25, -0.2) is 14.4 Å². The fourth-order valence-corrected chi connectivity index (χ4v) is 5.62. The Balaban J connectivity index is 1.49. The lowest BCUT2D eigenvalue weighted by molar-refractivity contribution is -0.145. The largest absolute Gasteiger partial charge is 0.482 e. The molecule has 0 spiro atoms. The van der Waals surface area contributed by atoms with Crippen molar-refractivity contribution in [3.63, 3.8) is 0 Å². The van der Waals surface area contributed by atoms with Crippen LogP contribution in [0.4, 0.5) is 0 Å². The Morgan fingerprint density at radius 2 is 0.702 bits per heavy atom. The zero-order valence-electron chi connectivity index (χ0n) is 34.1. The van der Waals surface area contributed by atoms with E-state index in [4.69, 9.17) is 28.4 Å². The number of carbonyl (C=O) groups is 3. The maximum atomic E-state index is 12.2. The second-order valence-electron chi connectivity index (χ2n) is 14.5. The average molecular weight is 775 g/mol. The van der Waals surface area contributed by atoms with Crippen molar-refractivity contribution in [2.75, 3.05) is 39.6 Å². The second kappa shape index (κ2) is 21.9. The summed E-state index contributed by atoms with van der Waals surface area (Å²) >= 11 is 0. The summed E-state index contributed by atoms with van der Waals surface area (Å²) in [6.07, 6.45) is 6.22. The van der Waals surface area contributed by atoms with Crippen molar-refractivity contribution in [1.82, 2.24) is 0 Å². The van der Waals surface area contributed by atoms with Gasteiger partial charge in [-0.1, -0.05) is 77.4 Å². The first kappa shape index (κ1) is 43.6. The van der Waals surface area contributed by atoms with Gasteiger partial charge in [-0.05, 0) is 137 Å². The summed E-state index contributed by atoms with van der Waals surface area (Å²) in [7, 11) is 0. The molecule has 0 heterocycles. The predicted molar refractivity (Wildman–Crippen MR) is 222 cm³/mol. The van der Waals surface area contributed by atoms with Crippen LogP contribution in [0.15, 0.2) is 132 Å². The van der Waals surface area contributed by atoms with Crippen LogP contribution in [0.2, 0.25) is 0 Å². The molecule has 0 saturated heterocycles. The lowest BCUT2D eigenvalue weighted by Gasteiger charge is -2.32. The summed E-state index contributed by atoms with van der Waals surface area (Å²) in [5.41, 5.74) is 7.89. The molecule has 0 aliphatic heterocycles. The van der Waals surface area contributed by atoms with Crippen molar-refractivity contribution >= 4 is 17.9 Å². The molecule has 4 rings (SSSR count). The summed E-state index contributed by atoms with van der Waals surface area (Å²) < 4.78 is 32.7. The van der Waals surface area contributed by atoms with Gasteiger partial charge in [0.2, 0.25) is 0 Å². The molecule has 0 aromatic heterocycles. The number of hydrogen-bond acceptors (Lipinski definition) is 9. The summed E-state index contributed by atoms with van der Waals surface area (Å²) in [4.78, 5) is 36.4. The van der Waals surface area contributed by atoms with Crippen molar-refractivity contribution in [2.24, 2.45) is 0 Å². The maximum absolute atomic E-state index is 12.2. The van der Waals surface area contributed by atoms with Gasteiger partial charge in [-0.3, -0.25) is 0 Å². The average Bonchev–Trinajstić information content (AvgIpc) is 3.19. The molecule has 0 radical (unpaired) electrons. The van der Waals surface area contributed by atoms with Crippen molar-refractivity contribution in [2.45, 2.75) is 60.3 Å². The first-order valence-electron chi connectivity index (χ1n) is 19.0. The minimum Gasteiger partial charge on any atom is -0.482 e. The third-order valence-electron chi connectivity index (χ3n) is 9.00. The number of rotatable bonds is 20. The van der Waals surface area contributed by atoms with E-state index < -0.39 is 23.3 Å². The summed E-state index contributed by atoms with van der Waals surface area (Å²) in [5, 5.41) is 0. The molecule has 9 nitrogen and oxygen atoms in total. The van der Waals surface area contributed by atoms with Gasteiger partial charge in [0, 0.05) is 5.41 Å². The number of allylic oxidation sites excluding steroid dienone is 3. The molecular weight excluding hydrogens is 721 g/mol. The van der Waals surface area contributed by atoms with Gasteiger partial charge in [0.15, 0.2) is 19.8 Å². The van der Waals surface area contributed by atoms with Crippen LogP contribution in [0.1, 0.15) is 76.3 Å². The van der Waals surface area contributed by atoms with E-state index in [1.54, 1.807) is 0 Å². The van der Waals surface area contributed by atoms with E-state index in [2.05, 4.69) is 31.2 Å². The number of carbonyl (C=O) groups excluding carboxylic acids is 3. The fourth-order valence-electron chi connectivity index (χ4n) is 5.62. The third-order valence-corrected chi connectivity index (χ3v) is 9.00. The second-order valence-corrected chi connectivity index (χ2v) is 14.5. The molecule has 0 fully saturated rings. The molecule has 0 saturated carbocycles. The van der Waals surface area contributed by atoms with Crippen LogP contribution >= 0.6 is 0 Å². The molecule has 300 valence electrons. The standard InChI is InChI=1S/C48H54O9/c1-34(2)24-27-52-45(49)31-55-42-18-10-38(11-19-42)30-37-8-12-39(13-9-37)48(7,40-14-20-43(21-15-40)56-32-46(50)53-28-25-35(3)4)41-16-22-44(23-17-41)57-33-47(51)54-29-26-36(5)6/h8-26H,27-33H2,1-7H3. The smallest absolute Gasteiger partial charge is 0.344 e. The monoisotopic (exact) mass is 774 g/mol. The van der Waals surface area contributed by atoms with Crippen molar-refractivity contribution < 1.29 is 42.8 Å². The molecule has 4 aromatic carbocycles. The van der Waals surface area contributed by atoms with Crippen LogP contribution < -0.4 is 14.2 Å². The molecule has 0 aliphatic rings. The zero-order chi connectivity index (χ0) is 41.2. The van der Waals surface area contributed by atoms with Gasteiger partial charge >= 0.3 is 17.9 Å². The molecule has 0 bridgehead atoms. The first-order chi connectivity index (χ1) is 27.3. The minimum absolute atomic E-state index is 0.154. The van der Waals surface area contributed by atoms with Gasteiger partial charge in [0.25, 0.3) is 0 Å². The van der Waals surface area contributed by atoms with Crippen molar-refractivity contribution in [3.8, 4) is 17.2 Å². The molecule has 0 aliphatic carbocycles. The Hall–Kier alpha value is -6.09. The van der Waals surface area contributed by atoms with E-state index in [0.29, 0.717) is 23.7 Å². The Kier molecular flexibility index (Phi) is 16.7. The van der Waals surface area contributed by atoms with Gasteiger partial charge < -0.3 is 28.4 Å². The van der Waals surface area contributed by atoms with Crippen LogP contribution in [0.25, 0.3) is 0 Å². The molecule has 0 unspecified atom stereocenters. The van der Waals surface area contributed by atoms with Crippen molar-refractivity contribution in [3.05, 3.63) is 160 Å². The van der Waals surface area contributed by atoms with E-state index in [0.717, 1.165) is 44.5 Å². The van der Waals surface area contributed by atoms with E-state index in [1.807, 2.05) is 133 Å². The minimum atomic E-state index is -0.603. The highest BCUT2D eigenvalue weighted by Gasteiger charge is 2.31. The predicted octanol–water partition coefficient (Wildman–Crippen LogP) is 9.30. The van der Waals surface area contributed by atoms with Gasteiger partial charge in [-0.2, -0.15) is 0 Å². The first-order valence-corrected chi connectivity index (χ1v) is 19.0. The molecular formula is C48H54O9. The maximum Gasteiger partial charge on any atom is 0.344 e. The summed E-state index contributed by atoms with van der Waals surface area (Å²) in [6.45, 7) is 13.9. The quantitative estimate of drug-likeness (QED) is 0.0376. The van der Waals surface area contributed by atoms with Gasteiger partial charge in [0.1, 0.15) is 37.1 Å². The third kappa shape index (κ3) is 14.5. The summed E-state index contributed by atoms with van der Waals surface area (Å²) in [5.74, 6) is 0.385. The number of ether oxygens (including phenoxy) is 6. The van der Waals surface area contributed by atoms with Crippen LogP contribution in [0.5, 0.6) is 17.2 Å². The lowest BCUT2D eigenvalue weighted by Crippen LogP contribution is -2.25. The zero-order valence-corrected chi connectivity index (χ0v) is 34.1. The van der Waals surface area contributed by atoms with Crippen LogP contribution in [-0.2, 0) is 40.4 Å². The highest BCUT2D eigenvalue weighted by molar-refractivity contribution is 5.72. The molecule has 0 atom stereocenters. The fraction of sp³-hybridized carbons (Fsp3) is 0.312. The normalized spacial score (nSPS) is 10.7. The topological polar surface area (TPSA) is 107 Å². The molecule has 0 amide bonds. The van der Waals surface area contributed by atoms with E-state index in [1.165, 1.54) is 0 Å². The number of esters is 3. The highest BCUT2D eigenvalue weighted by Crippen LogP contribution is 2.40. The van der Waals surface area contributed by atoms with Gasteiger partial charge in [-0.15, -0.1) is 0 Å². The van der Waals surface area contributed by atoms with Crippen LogP contribution in [-0.4, -0.2) is 57.5 Å². The van der Waals surface area contributed by atoms with Crippen molar-refractivity contribution in [1.29, 1.82) is 0 Å². The Morgan fingerprint density at radius 1 is 0.439 bits per heavy atom. The molecule has 4 aromatic rings. The Morgan fingerprint density at radius 3 is 1.00 bits per heavy atom. The van der Waals surface area contributed by atoms with E-state index in [-0.39, 0.29) is 39.6 Å². The Labute approximate surface area is 336 Å². The Bertz CT molecular complexity index is 1910. The molecule has 0 N–H and O–H groups in total. The SMILES string of the molecule is CC(C)=CCOC(=O)COc1ccc(Cc2ccc(C(C)(c3ccc(OCC(=O)OCC=C(C)C)cc3)c3ccc(OCC(=O)OCC=C(C)C)cc3)cc2)cc1. The van der Waals surface area contributed by atoms with Gasteiger partial charge in [0.05, 0.1) is 0 Å². The lowest BCUT2D eigenvalue weighted by atomic mass is 9.71.